The van der Waals surface area contributed by atoms with Gasteiger partial charge in [-0.1, -0.05) is 87.2 Å². The Hall–Kier alpha value is -6.94. The molecule has 2 saturated heterocycles. The second-order valence-electron chi connectivity index (χ2n) is 19.8. The molecule has 0 spiro atoms. The van der Waals surface area contributed by atoms with Crippen LogP contribution in [0.15, 0.2) is 67.0 Å². The maximum absolute atomic E-state index is 14.7. The first-order valence-electron chi connectivity index (χ1n) is 26.9. The Kier molecular flexibility index (Phi) is 21.5. The number of carbonyl (C=O) groups excluding carboxylic acids is 2. The minimum absolute atomic E-state index is 0. The third-order valence-corrected chi connectivity index (χ3v) is 14.6. The second kappa shape index (κ2) is 28.6. The van der Waals surface area contributed by atoms with Crippen molar-refractivity contribution in [2.45, 2.75) is 77.5 Å². The van der Waals surface area contributed by atoms with Crippen LogP contribution in [0.3, 0.4) is 0 Å². The first kappa shape index (κ1) is 58.7. The Morgan fingerprint density at radius 1 is 0.718 bits per heavy atom. The highest BCUT2D eigenvalue weighted by atomic mass is 35.5. The van der Waals surface area contributed by atoms with Gasteiger partial charge in [-0.3, -0.25) is 9.59 Å². The molecule has 2 aliphatic rings. The molecule has 0 saturated carbocycles. The Balaban J connectivity index is 0.00000882. The fraction of sp³-hybridized carbons (Fsp3) is 0.537. The molecule has 8 rings (SSSR count). The van der Waals surface area contributed by atoms with Gasteiger partial charge >= 0.3 is 0 Å². The van der Waals surface area contributed by atoms with Gasteiger partial charge in [0.15, 0.2) is 0 Å². The molecule has 0 radical (unpaired) electrons. The van der Waals surface area contributed by atoms with Gasteiger partial charge < -0.3 is 60.7 Å². The molecule has 0 bridgehead atoms. The van der Waals surface area contributed by atoms with E-state index in [1.54, 1.807) is 27.7 Å². The number of halogens is 1. The largest absolute Gasteiger partial charge is 0.508 e. The van der Waals surface area contributed by atoms with Crippen molar-refractivity contribution in [2.24, 2.45) is 23.3 Å². The van der Waals surface area contributed by atoms with Gasteiger partial charge in [-0.2, -0.15) is 15.0 Å². The number of phenols is 1. The molecule has 23 nitrogen and oxygen atoms in total. The number of anilines is 3. The van der Waals surface area contributed by atoms with Gasteiger partial charge in [0.1, 0.15) is 24.4 Å². The summed E-state index contributed by atoms with van der Waals surface area (Å²) >= 11 is 0. The number of piperazine rings is 2. The summed E-state index contributed by atoms with van der Waals surface area (Å²) in [5, 5.41) is 32.2. The zero-order valence-electron chi connectivity index (χ0n) is 45.2. The fourth-order valence-electron chi connectivity index (χ4n) is 9.37. The second-order valence-corrected chi connectivity index (χ2v) is 19.8. The van der Waals surface area contributed by atoms with Crippen LogP contribution in [0, 0.1) is 24.2 Å². The lowest BCUT2D eigenvalue weighted by molar-refractivity contribution is -0.136. The highest BCUT2D eigenvalue weighted by Gasteiger charge is 2.34. The van der Waals surface area contributed by atoms with Crippen molar-refractivity contribution in [1.82, 2.24) is 59.7 Å². The molecule has 420 valence electrons. The van der Waals surface area contributed by atoms with E-state index in [0.717, 1.165) is 35.0 Å². The van der Waals surface area contributed by atoms with Crippen molar-refractivity contribution in [2.75, 3.05) is 114 Å². The van der Waals surface area contributed by atoms with Crippen LogP contribution in [-0.4, -0.2) is 175 Å². The highest BCUT2D eigenvalue weighted by Crippen LogP contribution is 2.28. The average molecular weight is 1090 g/mol. The van der Waals surface area contributed by atoms with E-state index in [1.807, 2.05) is 52.4 Å². The lowest BCUT2D eigenvalue weighted by Gasteiger charge is -2.38. The third kappa shape index (κ3) is 15.2. The monoisotopic (exact) mass is 1090 g/mol. The Morgan fingerprint density at radius 3 is 1.76 bits per heavy atom. The minimum Gasteiger partial charge on any atom is -0.508 e. The number of hydrogen-bond acceptors (Lipinski definition) is 18. The third-order valence-electron chi connectivity index (χ3n) is 14.6. The summed E-state index contributed by atoms with van der Waals surface area (Å²) in [5.41, 5.74) is 17.2. The van der Waals surface area contributed by atoms with Crippen LogP contribution < -0.4 is 26.6 Å². The molecule has 2 amide bonds. The van der Waals surface area contributed by atoms with Gasteiger partial charge in [0.05, 0.1) is 68.9 Å². The zero-order chi connectivity index (χ0) is 54.3. The highest BCUT2D eigenvalue weighted by molar-refractivity contribution is 5.85. The maximum atomic E-state index is 14.7. The van der Waals surface area contributed by atoms with E-state index < -0.39 is 12.1 Å². The van der Waals surface area contributed by atoms with E-state index in [0.29, 0.717) is 134 Å². The number of H-pyrrole nitrogens is 1. The summed E-state index contributed by atoms with van der Waals surface area (Å²) in [5.74, 6) is 4.05. The van der Waals surface area contributed by atoms with E-state index in [-0.39, 0.29) is 60.5 Å². The molecule has 6 aromatic rings. The number of carbonyl (C=O) groups is 2. The number of nitrogens with one attached hydrogen (secondary N) is 2. The minimum atomic E-state index is -0.700. The summed E-state index contributed by atoms with van der Waals surface area (Å²) in [6.07, 6.45) is 11.3. The molecule has 2 aliphatic heterocycles. The van der Waals surface area contributed by atoms with Crippen LogP contribution in [-0.2, 0) is 36.6 Å². The Labute approximate surface area is 462 Å². The maximum Gasteiger partial charge on any atom is 0.248 e. The molecule has 7 N–H and O–H groups in total. The molecule has 2 aromatic carbocycles. The van der Waals surface area contributed by atoms with E-state index in [9.17, 15) is 14.7 Å². The smallest absolute Gasteiger partial charge is 0.248 e. The number of ether oxygens (including phenoxy) is 3. The number of amides is 2. The average Bonchev–Trinajstić information content (AvgIpc) is 4.27. The number of para-hydroxylation sites is 1. The van der Waals surface area contributed by atoms with Gasteiger partial charge in [-0.05, 0) is 47.1 Å². The molecular formula is C54H76ClN17O6. The summed E-state index contributed by atoms with van der Waals surface area (Å²) < 4.78 is 19.9. The standard InChI is InChI=1S/C54H75N17O6.ClH/c1-6-26-75-28-30-77-31-29-76-27-17-57-52-59-53(68-22-18-66(19-23-68)50(73)46(32-39-13-15-42(72)16-14-39)70-35-44(62-64-70)48(55)37(4)7-2)61-54(60-52)69-24-20-67(21-25-69)51(74)47(34-41-33-40-11-9-10-12-43(40)58-41)71-36-45(63-65-71)49(56)38(5)8-3;/h1,9-16,33,35-38,46-49,58,72H,7-8,17-32,34,55-56H2,2-5H3,(H,57,59,60,61);1H/t37?,38?,46-,47-,48-,49-;/m0./s1. The van der Waals surface area contributed by atoms with Crippen LogP contribution in [0.4, 0.5) is 17.8 Å². The number of rotatable bonds is 27. The van der Waals surface area contributed by atoms with Crippen molar-refractivity contribution < 1.29 is 28.9 Å². The number of hydrogen-bond donors (Lipinski definition) is 5. The fourth-order valence-corrected chi connectivity index (χ4v) is 9.37. The molecule has 4 aromatic heterocycles. The number of aromatic amines is 1. The molecule has 2 unspecified atom stereocenters. The van der Waals surface area contributed by atoms with Crippen LogP contribution in [0.1, 0.15) is 87.3 Å². The number of aromatic hydroxyl groups is 1. The van der Waals surface area contributed by atoms with Gasteiger partial charge in [0, 0.05) is 83.0 Å². The lowest BCUT2D eigenvalue weighted by Crippen LogP contribution is -2.52. The molecule has 6 heterocycles. The van der Waals surface area contributed by atoms with Crippen molar-refractivity contribution in [3.8, 4) is 18.1 Å². The number of phenolic OH excluding ortho intramolecular Hbond substituents is 1. The molecule has 6 atom stereocenters. The number of fused-ring (bicyclic) bond motifs is 1. The summed E-state index contributed by atoms with van der Waals surface area (Å²) in [7, 11) is 0. The number of aromatic nitrogens is 10. The van der Waals surface area contributed by atoms with Gasteiger partial charge in [0.25, 0.3) is 0 Å². The van der Waals surface area contributed by atoms with Crippen LogP contribution in [0.5, 0.6) is 5.75 Å². The number of terminal acetylenes is 1. The summed E-state index contributed by atoms with van der Waals surface area (Å²) in [6, 6.07) is 15.0. The predicted molar refractivity (Wildman–Crippen MR) is 299 cm³/mol. The zero-order valence-corrected chi connectivity index (χ0v) is 46.0. The molecule has 2 fully saturated rings. The molecule has 0 aliphatic carbocycles. The van der Waals surface area contributed by atoms with E-state index >= 15 is 0 Å². The van der Waals surface area contributed by atoms with Crippen LogP contribution in [0.2, 0.25) is 0 Å². The quantitative estimate of drug-likeness (QED) is 0.0359. The summed E-state index contributed by atoms with van der Waals surface area (Å²) in [4.78, 5) is 55.4. The molecule has 24 heteroatoms. The van der Waals surface area contributed by atoms with Crippen molar-refractivity contribution in [1.29, 1.82) is 0 Å². The van der Waals surface area contributed by atoms with Crippen molar-refractivity contribution in [3.63, 3.8) is 0 Å². The van der Waals surface area contributed by atoms with Crippen LogP contribution >= 0.6 is 12.4 Å². The van der Waals surface area contributed by atoms with Crippen molar-refractivity contribution in [3.05, 3.63) is 89.6 Å². The number of nitrogens with two attached hydrogens (primary N) is 2. The number of nitrogens with zero attached hydrogens (tertiary/aromatic N) is 13. The van der Waals surface area contributed by atoms with E-state index in [4.69, 9.17) is 47.1 Å². The predicted octanol–water partition coefficient (Wildman–Crippen LogP) is 4.12. The van der Waals surface area contributed by atoms with Crippen molar-refractivity contribution >= 4 is 53.0 Å². The van der Waals surface area contributed by atoms with E-state index in [2.05, 4.69) is 80.4 Å². The van der Waals surface area contributed by atoms with Crippen LogP contribution in [0.25, 0.3) is 10.9 Å². The Bertz CT molecular complexity index is 2830. The SMILES string of the molecule is C#CCOCCOCCOCCNc1nc(N2CCN(C(=O)[C@H](Cc3ccc(O)cc3)n3cc([C@@H](N)C(C)CC)nn3)CC2)nc(N2CCN(C(=O)[C@H](Cc3cc4ccccc4[nH]3)n3cc([C@@H](N)C(C)CC)nn3)CC2)n1.Cl. The lowest BCUT2D eigenvalue weighted by atomic mass is 9.98. The summed E-state index contributed by atoms with van der Waals surface area (Å²) in [6.45, 7) is 14.4. The normalized spacial score (nSPS) is 16.3. The first-order valence-corrected chi connectivity index (χ1v) is 26.9. The first-order chi connectivity index (χ1) is 37.4. The van der Waals surface area contributed by atoms with E-state index in [1.165, 1.54) is 0 Å². The Morgan fingerprint density at radius 2 is 1.23 bits per heavy atom. The molecular weight excluding hydrogens is 1020 g/mol. The van der Waals surface area contributed by atoms with Gasteiger partial charge in [-0.15, -0.1) is 29.0 Å². The number of benzene rings is 2. The molecule has 78 heavy (non-hydrogen) atoms. The topological polar surface area (TPSA) is 275 Å². The van der Waals surface area contributed by atoms with Gasteiger partial charge in [0.2, 0.25) is 29.7 Å². The van der Waals surface area contributed by atoms with Gasteiger partial charge in [-0.25, -0.2) is 9.36 Å².